The van der Waals surface area contributed by atoms with Crippen molar-refractivity contribution in [3.63, 3.8) is 0 Å². The number of ether oxygens (including phenoxy) is 1. The molecule has 1 rings (SSSR count). The number of carbonyl (C=O) groups is 1. The average Bonchev–Trinajstić information content (AvgIpc) is 2.74. The van der Waals surface area contributed by atoms with Crippen LogP contribution in [0.25, 0.3) is 0 Å². The molecule has 0 unspecified atom stereocenters. The van der Waals surface area contributed by atoms with E-state index in [4.69, 9.17) is 4.74 Å². The second-order valence-corrected chi connectivity index (χ2v) is 4.40. The number of hydrogen-bond donors (Lipinski definition) is 2. The number of amides is 1. The van der Waals surface area contributed by atoms with Gasteiger partial charge in [0.15, 0.2) is 0 Å². The molecule has 0 aliphatic carbocycles. The minimum absolute atomic E-state index is 0.0726. The lowest BCUT2D eigenvalue weighted by molar-refractivity contribution is 0.0951. The van der Waals surface area contributed by atoms with E-state index in [1.54, 1.807) is 13.2 Å². The van der Waals surface area contributed by atoms with Gasteiger partial charge in [-0.05, 0) is 24.9 Å². The van der Waals surface area contributed by atoms with Crippen LogP contribution in [0.15, 0.2) is 11.4 Å². The highest BCUT2D eigenvalue weighted by Gasteiger charge is 2.13. The van der Waals surface area contributed by atoms with Crippen LogP contribution in [0, 0.1) is 0 Å². The van der Waals surface area contributed by atoms with Crippen molar-refractivity contribution in [2.45, 2.75) is 19.9 Å². The zero-order valence-corrected chi connectivity index (χ0v) is 10.7. The molecule has 0 radical (unpaired) electrons. The van der Waals surface area contributed by atoms with E-state index in [0.717, 1.165) is 6.54 Å². The Kier molecular flexibility index (Phi) is 5.28. The molecule has 1 heterocycles. The molecule has 2 N–H and O–H groups in total. The number of carbonyl (C=O) groups excluding carboxylic acids is 1. The standard InChI is InChI=1S/C11H18N2O2S/c1-4-12-8(2)7-13-11(14)10-9(15-3)5-6-16-10/h5-6,8,12H,4,7H2,1-3H3,(H,13,14)/t8-/m1/s1. The van der Waals surface area contributed by atoms with Crippen molar-refractivity contribution in [1.29, 1.82) is 0 Å². The summed E-state index contributed by atoms with van der Waals surface area (Å²) in [4.78, 5) is 12.4. The average molecular weight is 242 g/mol. The first kappa shape index (κ1) is 13.0. The molecule has 1 atom stereocenters. The molecule has 5 heteroatoms. The summed E-state index contributed by atoms with van der Waals surface area (Å²) >= 11 is 1.39. The Hall–Kier alpha value is -1.07. The lowest BCUT2D eigenvalue weighted by Crippen LogP contribution is -2.38. The molecule has 0 saturated carbocycles. The monoisotopic (exact) mass is 242 g/mol. The van der Waals surface area contributed by atoms with Crippen molar-refractivity contribution in [3.05, 3.63) is 16.3 Å². The highest BCUT2D eigenvalue weighted by atomic mass is 32.1. The lowest BCUT2D eigenvalue weighted by atomic mass is 10.3. The van der Waals surface area contributed by atoms with Gasteiger partial charge in [-0.2, -0.15) is 0 Å². The van der Waals surface area contributed by atoms with Crippen molar-refractivity contribution in [3.8, 4) is 5.75 Å². The number of thiophene rings is 1. The van der Waals surface area contributed by atoms with Crippen LogP contribution in [-0.4, -0.2) is 32.1 Å². The molecule has 0 saturated heterocycles. The fourth-order valence-electron chi connectivity index (χ4n) is 1.37. The first-order valence-electron chi connectivity index (χ1n) is 5.32. The fourth-order valence-corrected chi connectivity index (χ4v) is 2.14. The van der Waals surface area contributed by atoms with Gasteiger partial charge in [0.05, 0.1) is 7.11 Å². The number of hydrogen-bond acceptors (Lipinski definition) is 4. The van der Waals surface area contributed by atoms with E-state index in [0.29, 0.717) is 17.2 Å². The second kappa shape index (κ2) is 6.50. The Bertz CT molecular complexity index is 338. The summed E-state index contributed by atoms with van der Waals surface area (Å²) in [6.45, 7) is 5.60. The molecule has 0 bridgehead atoms. The van der Waals surface area contributed by atoms with E-state index in [1.807, 2.05) is 19.2 Å². The summed E-state index contributed by atoms with van der Waals surface area (Å²) in [5, 5.41) is 7.95. The van der Waals surface area contributed by atoms with Crippen LogP contribution >= 0.6 is 11.3 Å². The van der Waals surface area contributed by atoms with Crippen molar-refractivity contribution >= 4 is 17.2 Å². The summed E-state index contributed by atoms with van der Waals surface area (Å²) in [5.74, 6) is 0.565. The predicted molar refractivity (Wildman–Crippen MR) is 66.3 cm³/mol. The van der Waals surface area contributed by atoms with Crippen LogP contribution in [0.4, 0.5) is 0 Å². The Morgan fingerprint density at radius 2 is 2.38 bits per heavy atom. The van der Waals surface area contributed by atoms with Gasteiger partial charge in [-0.15, -0.1) is 11.3 Å². The maximum absolute atomic E-state index is 11.8. The fraction of sp³-hybridized carbons (Fsp3) is 0.545. The third-order valence-corrected chi connectivity index (χ3v) is 3.07. The Morgan fingerprint density at radius 1 is 1.62 bits per heavy atom. The van der Waals surface area contributed by atoms with Crippen molar-refractivity contribution in [2.24, 2.45) is 0 Å². The summed E-state index contributed by atoms with van der Waals surface area (Å²) in [6.07, 6.45) is 0. The van der Waals surface area contributed by atoms with Gasteiger partial charge in [0, 0.05) is 12.6 Å². The van der Waals surface area contributed by atoms with Gasteiger partial charge in [0.25, 0.3) is 5.91 Å². The van der Waals surface area contributed by atoms with E-state index in [-0.39, 0.29) is 11.9 Å². The highest BCUT2D eigenvalue weighted by molar-refractivity contribution is 7.12. The van der Waals surface area contributed by atoms with Gasteiger partial charge in [-0.1, -0.05) is 6.92 Å². The van der Waals surface area contributed by atoms with Crippen molar-refractivity contribution in [2.75, 3.05) is 20.2 Å². The molecule has 16 heavy (non-hydrogen) atoms. The second-order valence-electron chi connectivity index (χ2n) is 3.49. The molecule has 1 aromatic heterocycles. The van der Waals surface area contributed by atoms with Crippen LogP contribution in [-0.2, 0) is 0 Å². The lowest BCUT2D eigenvalue weighted by Gasteiger charge is -2.12. The maximum atomic E-state index is 11.8. The Balaban J connectivity index is 2.46. The first-order chi connectivity index (χ1) is 7.69. The van der Waals surface area contributed by atoms with E-state index in [1.165, 1.54) is 11.3 Å². The van der Waals surface area contributed by atoms with Crippen molar-refractivity contribution in [1.82, 2.24) is 10.6 Å². The molecule has 90 valence electrons. The van der Waals surface area contributed by atoms with Gasteiger partial charge in [-0.3, -0.25) is 4.79 Å². The molecule has 0 spiro atoms. The molecule has 0 aliphatic heterocycles. The minimum atomic E-state index is -0.0726. The first-order valence-corrected chi connectivity index (χ1v) is 6.20. The summed E-state index contributed by atoms with van der Waals surface area (Å²) < 4.78 is 5.09. The van der Waals surface area contributed by atoms with E-state index in [2.05, 4.69) is 10.6 Å². The van der Waals surface area contributed by atoms with E-state index in [9.17, 15) is 4.79 Å². The molecule has 0 aliphatic rings. The third-order valence-electron chi connectivity index (χ3n) is 2.18. The SMILES string of the molecule is CCN[C@H](C)CNC(=O)c1sccc1OC. The number of rotatable bonds is 6. The van der Waals surface area contributed by atoms with E-state index >= 15 is 0 Å². The van der Waals surface area contributed by atoms with E-state index < -0.39 is 0 Å². The molecular formula is C11H18N2O2S. The molecule has 0 fully saturated rings. The zero-order valence-electron chi connectivity index (χ0n) is 9.87. The minimum Gasteiger partial charge on any atom is -0.495 e. The van der Waals surface area contributed by atoms with Gasteiger partial charge in [-0.25, -0.2) is 0 Å². The highest BCUT2D eigenvalue weighted by Crippen LogP contribution is 2.23. The zero-order chi connectivity index (χ0) is 12.0. The molecule has 4 nitrogen and oxygen atoms in total. The Morgan fingerprint density at radius 3 is 3.00 bits per heavy atom. The topological polar surface area (TPSA) is 50.4 Å². The summed E-state index contributed by atoms with van der Waals surface area (Å²) in [5.41, 5.74) is 0. The van der Waals surface area contributed by atoms with Crippen LogP contribution in [0.2, 0.25) is 0 Å². The summed E-state index contributed by atoms with van der Waals surface area (Å²) in [6, 6.07) is 2.08. The third kappa shape index (κ3) is 3.50. The van der Waals surface area contributed by atoms with Crippen LogP contribution in [0.5, 0.6) is 5.75 Å². The molecule has 0 aromatic carbocycles. The number of nitrogens with one attached hydrogen (secondary N) is 2. The Labute approximate surface area is 100 Å². The van der Waals surface area contributed by atoms with Crippen LogP contribution in [0.3, 0.4) is 0 Å². The maximum Gasteiger partial charge on any atom is 0.265 e. The predicted octanol–water partition coefficient (Wildman–Crippen LogP) is 1.48. The largest absolute Gasteiger partial charge is 0.495 e. The molecule has 1 amide bonds. The van der Waals surface area contributed by atoms with Crippen LogP contribution in [0.1, 0.15) is 23.5 Å². The molecular weight excluding hydrogens is 224 g/mol. The smallest absolute Gasteiger partial charge is 0.265 e. The van der Waals surface area contributed by atoms with Gasteiger partial charge < -0.3 is 15.4 Å². The van der Waals surface area contributed by atoms with Crippen molar-refractivity contribution < 1.29 is 9.53 Å². The molecule has 1 aromatic rings. The van der Waals surface area contributed by atoms with Gasteiger partial charge in [0.1, 0.15) is 10.6 Å². The number of methoxy groups -OCH3 is 1. The summed E-state index contributed by atoms with van der Waals surface area (Å²) in [7, 11) is 1.57. The van der Waals surface area contributed by atoms with Gasteiger partial charge in [0.2, 0.25) is 0 Å². The van der Waals surface area contributed by atoms with Crippen LogP contribution < -0.4 is 15.4 Å². The van der Waals surface area contributed by atoms with Gasteiger partial charge >= 0.3 is 0 Å². The number of likely N-dealkylation sites (N-methyl/N-ethyl adjacent to an activating group) is 1. The quantitative estimate of drug-likeness (QED) is 0.794. The normalized spacial score (nSPS) is 12.2.